The number of ether oxygens (including phenoxy) is 1. The molecular formula is C34H37N6O4+. The van der Waals surface area contributed by atoms with Crippen molar-refractivity contribution in [3.63, 3.8) is 0 Å². The lowest BCUT2D eigenvalue weighted by atomic mass is 10.1. The first-order valence-corrected chi connectivity index (χ1v) is 15.0. The number of aromatic nitrogens is 2. The number of aliphatic hydroxyl groups excluding tert-OH is 1. The summed E-state index contributed by atoms with van der Waals surface area (Å²) in [5.74, 6) is 2.25. The fourth-order valence-electron chi connectivity index (χ4n) is 5.32. The summed E-state index contributed by atoms with van der Waals surface area (Å²) in [6, 6.07) is 26.7. The number of nitrogens with one attached hydrogen (secondary N) is 4. The van der Waals surface area contributed by atoms with Crippen molar-refractivity contribution in [2.24, 2.45) is 0 Å². The number of urea groups is 1. The van der Waals surface area contributed by atoms with Crippen LogP contribution >= 0.6 is 0 Å². The van der Waals surface area contributed by atoms with Crippen LogP contribution in [0.5, 0.6) is 5.75 Å². The maximum atomic E-state index is 12.2. The van der Waals surface area contributed by atoms with Crippen LogP contribution in [0.2, 0.25) is 0 Å². The first kappa shape index (κ1) is 29.2. The molecule has 44 heavy (non-hydrogen) atoms. The Morgan fingerprint density at radius 2 is 1.66 bits per heavy atom. The minimum absolute atomic E-state index is 0.140. The average Bonchev–Trinajstić information content (AvgIpc) is 3.49. The number of quaternary nitrogens is 1. The highest BCUT2D eigenvalue weighted by atomic mass is 16.5. The number of benzene rings is 3. The molecule has 1 saturated heterocycles. The normalized spacial score (nSPS) is 16.4. The SMILES string of the molecule is O=C(Nc1ccccc1)Nc1ccc(CCNc2ncnc3oc(-c4ccc(OCC[NH+]5CCC(O)CC5)cc4)cc23)cc1. The van der Waals surface area contributed by atoms with E-state index in [1.807, 2.05) is 84.9 Å². The quantitative estimate of drug-likeness (QED) is 0.152. The molecule has 10 heteroatoms. The van der Waals surface area contributed by atoms with E-state index in [1.165, 1.54) is 11.2 Å². The molecule has 5 N–H and O–H groups in total. The fourth-order valence-corrected chi connectivity index (χ4v) is 5.32. The van der Waals surface area contributed by atoms with Gasteiger partial charge in [-0.3, -0.25) is 0 Å². The fraction of sp³-hybridized carbons (Fsp3) is 0.265. The minimum atomic E-state index is -0.283. The summed E-state index contributed by atoms with van der Waals surface area (Å²) in [6.45, 7) is 4.24. The molecule has 5 aromatic rings. The molecule has 3 heterocycles. The Morgan fingerprint density at radius 3 is 2.41 bits per heavy atom. The average molecular weight is 594 g/mol. The monoisotopic (exact) mass is 593 g/mol. The Hall–Kier alpha value is -4.93. The predicted molar refractivity (Wildman–Crippen MR) is 171 cm³/mol. The molecule has 1 aliphatic heterocycles. The van der Waals surface area contributed by atoms with Crippen LogP contribution in [-0.4, -0.2) is 60.0 Å². The zero-order valence-corrected chi connectivity index (χ0v) is 24.5. The van der Waals surface area contributed by atoms with Crippen molar-refractivity contribution in [1.29, 1.82) is 0 Å². The van der Waals surface area contributed by atoms with Gasteiger partial charge in [0.15, 0.2) is 0 Å². The molecule has 0 aliphatic carbocycles. The number of amides is 2. The van der Waals surface area contributed by atoms with E-state index < -0.39 is 0 Å². The van der Waals surface area contributed by atoms with Crippen molar-refractivity contribution in [1.82, 2.24) is 9.97 Å². The molecule has 0 atom stereocenters. The molecular weight excluding hydrogens is 556 g/mol. The molecule has 10 nitrogen and oxygen atoms in total. The third-order valence-electron chi connectivity index (χ3n) is 7.80. The van der Waals surface area contributed by atoms with Gasteiger partial charge in [-0.05, 0) is 66.6 Å². The van der Waals surface area contributed by atoms with E-state index in [1.54, 1.807) is 0 Å². The zero-order valence-electron chi connectivity index (χ0n) is 24.5. The van der Waals surface area contributed by atoms with Crippen LogP contribution in [0, 0.1) is 0 Å². The first-order valence-electron chi connectivity index (χ1n) is 15.0. The van der Waals surface area contributed by atoms with Gasteiger partial charge in [0.05, 0.1) is 24.6 Å². The van der Waals surface area contributed by atoms with Gasteiger partial charge in [-0.25, -0.2) is 14.8 Å². The van der Waals surface area contributed by atoms with Gasteiger partial charge in [0, 0.05) is 36.3 Å². The first-order chi connectivity index (χ1) is 21.6. The summed E-state index contributed by atoms with van der Waals surface area (Å²) in [5, 5.41) is 19.6. The number of para-hydroxylation sites is 1. The van der Waals surface area contributed by atoms with Gasteiger partial charge in [0.2, 0.25) is 5.71 Å². The number of anilines is 3. The number of piperidine rings is 1. The van der Waals surface area contributed by atoms with E-state index in [0.29, 0.717) is 30.4 Å². The number of nitrogens with zero attached hydrogens (tertiary/aromatic N) is 2. The summed E-state index contributed by atoms with van der Waals surface area (Å²) in [6.07, 6.45) is 3.87. The summed E-state index contributed by atoms with van der Waals surface area (Å²) in [4.78, 5) is 22.5. The Balaban J connectivity index is 0.993. The van der Waals surface area contributed by atoms with Gasteiger partial charge in [-0.15, -0.1) is 0 Å². The van der Waals surface area contributed by atoms with Gasteiger partial charge in [-0.1, -0.05) is 30.3 Å². The standard InChI is InChI=1S/C34H36N6O4/c41-28-15-18-40(19-16-28)20-21-43-29-12-8-25(9-13-29)31-22-30-32(36-23-37-33(30)44-31)35-17-14-24-6-10-27(11-7-24)39-34(42)38-26-4-2-1-3-5-26/h1-13,22-23,28,41H,14-21H2,(H,35,36,37)(H2,38,39,42)/p+1. The molecule has 1 fully saturated rings. The lowest BCUT2D eigenvalue weighted by Gasteiger charge is -2.26. The van der Waals surface area contributed by atoms with Crippen LogP contribution in [0.15, 0.2) is 95.7 Å². The molecule has 2 amide bonds. The maximum Gasteiger partial charge on any atom is 0.323 e. The molecule has 0 bridgehead atoms. The number of furan rings is 1. The van der Waals surface area contributed by atoms with E-state index in [2.05, 4.69) is 25.9 Å². The smallest absolute Gasteiger partial charge is 0.323 e. The van der Waals surface area contributed by atoms with Gasteiger partial charge in [-0.2, -0.15) is 0 Å². The molecule has 2 aromatic heterocycles. The molecule has 6 rings (SSSR count). The number of rotatable bonds is 11. The van der Waals surface area contributed by atoms with Crippen LogP contribution in [-0.2, 0) is 6.42 Å². The number of carbonyl (C=O) groups excluding carboxylic acids is 1. The third kappa shape index (κ3) is 7.71. The van der Waals surface area contributed by atoms with Gasteiger partial charge in [0.25, 0.3) is 0 Å². The Labute approximate surface area is 256 Å². The summed E-state index contributed by atoms with van der Waals surface area (Å²) >= 11 is 0. The van der Waals surface area contributed by atoms with E-state index in [9.17, 15) is 9.90 Å². The lowest BCUT2D eigenvalue weighted by Crippen LogP contribution is -3.13. The Morgan fingerprint density at radius 1 is 0.932 bits per heavy atom. The summed E-state index contributed by atoms with van der Waals surface area (Å²) < 4.78 is 12.0. The molecule has 3 aromatic carbocycles. The molecule has 226 valence electrons. The number of likely N-dealkylation sites (tertiary alicyclic amines) is 1. The van der Waals surface area contributed by atoms with Crippen LogP contribution in [0.25, 0.3) is 22.4 Å². The van der Waals surface area contributed by atoms with Gasteiger partial charge in [0.1, 0.15) is 36.8 Å². The highest BCUT2D eigenvalue weighted by Crippen LogP contribution is 2.31. The number of hydrogen-bond acceptors (Lipinski definition) is 7. The molecule has 0 spiro atoms. The highest BCUT2D eigenvalue weighted by molar-refractivity contribution is 5.99. The lowest BCUT2D eigenvalue weighted by molar-refractivity contribution is -0.906. The van der Waals surface area contributed by atoms with Crippen molar-refractivity contribution in [3.8, 4) is 17.1 Å². The second-order valence-electron chi connectivity index (χ2n) is 11.0. The molecule has 0 saturated carbocycles. The highest BCUT2D eigenvalue weighted by Gasteiger charge is 2.19. The van der Waals surface area contributed by atoms with Crippen LogP contribution in [0.1, 0.15) is 18.4 Å². The Kier molecular flexibility index (Phi) is 9.29. The topological polar surface area (TPSA) is 126 Å². The summed E-state index contributed by atoms with van der Waals surface area (Å²) in [7, 11) is 0. The van der Waals surface area contributed by atoms with Crippen LogP contribution < -0.4 is 25.6 Å². The second kappa shape index (κ2) is 14.0. The molecule has 0 unspecified atom stereocenters. The van der Waals surface area contributed by atoms with Crippen molar-refractivity contribution in [2.75, 3.05) is 48.7 Å². The number of hydrogen-bond donors (Lipinski definition) is 5. The molecule has 1 aliphatic rings. The third-order valence-corrected chi connectivity index (χ3v) is 7.80. The Bertz CT molecular complexity index is 1650. The van der Waals surface area contributed by atoms with Crippen molar-refractivity contribution in [2.45, 2.75) is 25.4 Å². The van der Waals surface area contributed by atoms with E-state index in [4.69, 9.17) is 9.15 Å². The summed E-state index contributed by atoms with van der Waals surface area (Å²) in [5.41, 5.74) is 4.04. The predicted octanol–water partition coefficient (Wildman–Crippen LogP) is 4.61. The van der Waals surface area contributed by atoms with Crippen molar-refractivity contribution in [3.05, 3.63) is 96.8 Å². The van der Waals surface area contributed by atoms with Gasteiger partial charge >= 0.3 is 6.03 Å². The van der Waals surface area contributed by atoms with Crippen LogP contribution in [0.3, 0.4) is 0 Å². The maximum absolute atomic E-state index is 12.2. The largest absolute Gasteiger partial charge is 0.488 e. The van der Waals surface area contributed by atoms with Crippen LogP contribution in [0.4, 0.5) is 22.0 Å². The van der Waals surface area contributed by atoms with Crippen molar-refractivity contribution < 1.29 is 24.0 Å². The second-order valence-corrected chi connectivity index (χ2v) is 11.0. The molecule has 0 radical (unpaired) electrons. The van der Waals surface area contributed by atoms with Crippen molar-refractivity contribution >= 4 is 34.3 Å². The number of fused-ring (bicyclic) bond motifs is 1. The minimum Gasteiger partial charge on any atom is -0.488 e. The number of aliphatic hydroxyl groups is 1. The van der Waals surface area contributed by atoms with E-state index in [-0.39, 0.29) is 12.1 Å². The van der Waals surface area contributed by atoms with E-state index in [0.717, 1.165) is 72.5 Å². The number of carbonyl (C=O) groups is 1. The zero-order chi connectivity index (χ0) is 30.1. The van der Waals surface area contributed by atoms with Gasteiger partial charge < -0.3 is 35.1 Å². The van der Waals surface area contributed by atoms with E-state index >= 15 is 0 Å².